The zero-order chi connectivity index (χ0) is 12.6. The Kier molecular flexibility index (Phi) is 7.07. The van der Waals surface area contributed by atoms with Gasteiger partial charge in [-0.05, 0) is 13.3 Å². The third kappa shape index (κ3) is 5.43. The van der Waals surface area contributed by atoms with Gasteiger partial charge in [-0.25, -0.2) is 9.59 Å². The fourth-order valence-electron chi connectivity index (χ4n) is 1.31. The number of amides is 2. The van der Waals surface area contributed by atoms with Crippen LogP contribution in [0.25, 0.3) is 0 Å². The third-order valence-electron chi connectivity index (χ3n) is 2.22. The lowest BCUT2D eigenvalue weighted by atomic mass is 10.1. The van der Waals surface area contributed by atoms with E-state index in [1.165, 1.54) is 14.2 Å². The molecule has 0 aromatic carbocycles. The Morgan fingerprint density at radius 1 is 1.12 bits per heavy atom. The summed E-state index contributed by atoms with van der Waals surface area (Å²) in [6.45, 7) is 3.80. The van der Waals surface area contributed by atoms with E-state index in [0.717, 1.165) is 12.8 Å². The SMILES string of the molecule is CCCC(NC(=O)OC)C(C)NC(=O)OC. The highest BCUT2D eigenvalue weighted by molar-refractivity contribution is 5.69. The lowest BCUT2D eigenvalue weighted by molar-refractivity contribution is 0.153. The molecule has 0 aliphatic rings. The van der Waals surface area contributed by atoms with Crippen molar-refractivity contribution in [3.63, 3.8) is 0 Å². The summed E-state index contributed by atoms with van der Waals surface area (Å²) >= 11 is 0. The monoisotopic (exact) mass is 232 g/mol. The Labute approximate surface area is 95.7 Å². The second kappa shape index (κ2) is 7.78. The minimum Gasteiger partial charge on any atom is -0.453 e. The summed E-state index contributed by atoms with van der Waals surface area (Å²) in [7, 11) is 2.60. The van der Waals surface area contributed by atoms with Crippen LogP contribution in [-0.2, 0) is 9.47 Å². The Hall–Kier alpha value is -1.46. The second-order valence-electron chi connectivity index (χ2n) is 3.46. The van der Waals surface area contributed by atoms with Gasteiger partial charge in [0.2, 0.25) is 0 Å². The van der Waals surface area contributed by atoms with Crippen molar-refractivity contribution in [2.75, 3.05) is 14.2 Å². The smallest absolute Gasteiger partial charge is 0.407 e. The molecule has 0 aliphatic heterocycles. The zero-order valence-corrected chi connectivity index (χ0v) is 10.2. The van der Waals surface area contributed by atoms with Gasteiger partial charge in [0, 0.05) is 6.04 Å². The summed E-state index contributed by atoms with van der Waals surface area (Å²) in [5, 5.41) is 5.28. The minimum atomic E-state index is -0.514. The Morgan fingerprint density at radius 3 is 2.06 bits per heavy atom. The second-order valence-corrected chi connectivity index (χ2v) is 3.46. The number of rotatable bonds is 5. The van der Waals surface area contributed by atoms with E-state index >= 15 is 0 Å². The maximum Gasteiger partial charge on any atom is 0.407 e. The first-order valence-electron chi connectivity index (χ1n) is 5.24. The number of carbonyl (C=O) groups is 2. The molecule has 6 heteroatoms. The number of hydrogen-bond donors (Lipinski definition) is 2. The lowest BCUT2D eigenvalue weighted by Crippen LogP contribution is -2.50. The average molecular weight is 232 g/mol. The van der Waals surface area contributed by atoms with Crippen molar-refractivity contribution in [3.8, 4) is 0 Å². The lowest BCUT2D eigenvalue weighted by Gasteiger charge is -2.24. The summed E-state index contributed by atoms with van der Waals surface area (Å²) in [4.78, 5) is 22.1. The molecule has 0 rings (SSSR count). The zero-order valence-electron chi connectivity index (χ0n) is 10.2. The van der Waals surface area contributed by atoms with Crippen LogP contribution in [0, 0.1) is 0 Å². The Balaban J connectivity index is 4.27. The fraction of sp³-hybridized carbons (Fsp3) is 0.800. The number of carbonyl (C=O) groups excluding carboxylic acids is 2. The van der Waals surface area contributed by atoms with Crippen LogP contribution in [-0.4, -0.2) is 38.5 Å². The molecule has 0 aliphatic carbocycles. The van der Waals surface area contributed by atoms with Gasteiger partial charge in [0.25, 0.3) is 0 Å². The largest absolute Gasteiger partial charge is 0.453 e. The van der Waals surface area contributed by atoms with Gasteiger partial charge in [-0.3, -0.25) is 0 Å². The van der Waals surface area contributed by atoms with Gasteiger partial charge < -0.3 is 20.1 Å². The molecule has 0 fully saturated rings. The summed E-state index contributed by atoms with van der Waals surface area (Å²) in [6.07, 6.45) is 0.625. The molecule has 2 atom stereocenters. The molecule has 0 heterocycles. The van der Waals surface area contributed by atoms with Crippen molar-refractivity contribution in [1.29, 1.82) is 0 Å². The topological polar surface area (TPSA) is 76.7 Å². The van der Waals surface area contributed by atoms with Crippen LogP contribution in [0.2, 0.25) is 0 Å². The molecule has 0 aromatic heterocycles. The molecule has 2 amide bonds. The Bertz CT molecular complexity index is 233. The molecule has 6 nitrogen and oxygen atoms in total. The number of ether oxygens (including phenoxy) is 2. The van der Waals surface area contributed by atoms with Crippen LogP contribution >= 0.6 is 0 Å². The van der Waals surface area contributed by atoms with Crippen molar-refractivity contribution in [2.24, 2.45) is 0 Å². The van der Waals surface area contributed by atoms with Crippen molar-refractivity contribution in [2.45, 2.75) is 38.8 Å². The van der Waals surface area contributed by atoms with E-state index in [1.54, 1.807) is 6.92 Å². The van der Waals surface area contributed by atoms with E-state index in [0.29, 0.717) is 0 Å². The predicted molar refractivity (Wildman–Crippen MR) is 59.2 cm³/mol. The quantitative estimate of drug-likeness (QED) is 0.748. The van der Waals surface area contributed by atoms with E-state index in [2.05, 4.69) is 20.1 Å². The highest BCUT2D eigenvalue weighted by Crippen LogP contribution is 2.03. The van der Waals surface area contributed by atoms with Gasteiger partial charge in [-0.2, -0.15) is 0 Å². The van der Waals surface area contributed by atoms with Crippen LogP contribution in [0.15, 0.2) is 0 Å². The molecule has 0 bridgehead atoms. The van der Waals surface area contributed by atoms with Crippen LogP contribution in [0.4, 0.5) is 9.59 Å². The fourth-order valence-corrected chi connectivity index (χ4v) is 1.31. The standard InChI is InChI=1S/C10H20N2O4/c1-5-6-8(12-10(14)16-4)7(2)11-9(13)15-3/h7-8H,5-6H2,1-4H3,(H,11,13)(H,12,14). The number of nitrogens with one attached hydrogen (secondary N) is 2. The highest BCUT2D eigenvalue weighted by Gasteiger charge is 2.20. The number of hydrogen-bond acceptors (Lipinski definition) is 4. The minimum absolute atomic E-state index is 0.170. The first-order chi connectivity index (χ1) is 7.54. The molecule has 16 heavy (non-hydrogen) atoms. The molecule has 2 unspecified atom stereocenters. The van der Waals surface area contributed by atoms with Crippen LogP contribution < -0.4 is 10.6 Å². The van der Waals surface area contributed by atoms with Gasteiger partial charge in [0.1, 0.15) is 0 Å². The number of methoxy groups -OCH3 is 2. The third-order valence-corrected chi connectivity index (χ3v) is 2.22. The van der Waals surface area contributed by atoms with E-state index in [4.69, 9.17) is 0 Å². The van der Waals surface area contributed by atoms with Gasteiger partial charge >= 0.3 is 12.2 Å². The van der Waals surface area contributed by atoms with Crippen molar-refractivity contribution < 1.29 is 19.1 Å². The highest BCUT2D eigenvalue weighted by atomic mass is 16.5. The van der Waals surface area contributed by atoms with Gasteiger partial charge in [0.05, 0.1) is 20.3 Å². The number of alkyl carbamates (subject to hydrolysis) is 2. The first kappa shape index (κ1) is 14.5. The van der Waals surface area contributed by atoms with E-state index in [9.17, 15) is 9.59 Å². The molecule has 0 spiro atoms. The van der Waals surface area contributed by atoms with Gasteiger partial charge in [0.15, 0.2) is 0 Å². The molecular formula is C10H20N2O4. The molecule has 0 aromatic rings. The summed E-state index contributed by atoms with van der Waals surface area (Å²) in [5.74, 6) is 0. The van der Waals surface area contributed by atoms with Gasteiger partial charge in [-0.15, -0.1) is 0 Å². The van der Waals surface area contributed by atoms with E-state index in [-0.39, 0.29) is 12.1 Å². The predicted octanol–water partition coefficient (Wildman–Crippen LogP) is 1.26. The van der Waals surface area contributed by atoms with Crippen LogP contribution in [0.3, 0.4) is 0 Å². The summed E-state index contributed by atoms with van der Waals surface area (Å²) in [6, 6.07) is -0.386. The van der Waals surface area contributed by atoms with Gasteiger partial charge in [-0.1, -0.05) is 13.3 Å². The van der Waals surface area contributed by atoms with Crippen LogP contribution in [0.5, 0.6) is 0 Å². The van der Waals surface area contributed by atoms with Crippen molar-refractivity contribution >= 4 is 12.2 Å². The van der Waals surface area contributed by atoms with E-state index < -0.39 is 12.2 Å². The maximum absolute atomic E-state index is 11.1. The molecule has 0 radical (unpaired) electrons. The molecular weight excluding hydrogens is 212 g/mol. The summed E-state index contributed by atoms with van der Waals surface area (Å²) in [5.41, 5.74) is 0. The summed E-state index contributed by atoms with van der Waals surface area (Å²) < 4.78 is 9.00. The normalized spacial score (nSPS) is 13.5. The molecule has 2 N–H and O–H groups in total. The van der Waals surface area contributed by atoms with E-state index in [1.807, 2.05) is 6.92 Å². The molecule has 94 valence electrons. The van der Waals surface area contributed by atoms with Crippen molar-refractivity contribution in [3.05, 3.63) is 0 Å². The Morgan fingerprint density at radius 2 is 1.62 bits per heavy atom. The molecule has 0 saturated heterocycles. The molecule has 0 saturated carbocycles. The van der Waals surface area contributed by atoms with Crippen molar-refractivity contribution in [1.82, 2.24) is 10.6 Å². The average Bonchev–Trinajstić information content (AvgIpc) is 2.27. The maximum atomic E-state index is 11.1. The first-order valence-corrected chi connectivity index (χ1v) is 5.24. The van der Waals surface area contributed by atoms with Crippen LogP contribution in [0.1, 0.15) is 26.7 Å².